The molecule has 2 aliphatic carbocycles. The highest BCUT2D eigenvalue weighted by molar-refractivity contribution is 5.92. The predicted molar refractivity (Wildman–Crippen MR) is 85.2 cm³/mol. The van der Waals surface area contributed by atoms with Gasteiger partial charge in [0.05, 0.1) is 19.2 Å². The summed E-state index contributed by atoms with van der Waals surface area (Å²) in [5.41, 5.74) is 1.92. The average molecular weight is 317 g/mol. The van der Waals surface area contributed by atoms with Crippen LogP contribution in [0.15, 0.2) is 12.3 Å². The van der Waals surface area contributed by atoms with Crippen molar-refractivity contribution in [3.05, 3.63) is 23.5 Å². The van der Waals surface area contributed by atoms with Gasteiger partial charge in [0, 0.05) is 30.4 Å². The summed E-state index contributed by atoms with van der Waals surface area (Å²) in [6.07, 6.45) is 8.16. The number of aryl methyl sites for hydroxylation is 1. The van der Waals surface area contributed by atoms with Crippen LogP contribution in [0.25, 0.3) is 6.08 Å². The second-order valence-corrected chi connectivity index (χ2v) is 6.56. The Kier molecular flexibility index (Phi) is 4.24. The number of rotatable bonds is 4. The van der Waals surface area contributed by atoms with Gasteiger partial charge < -0.3 is 10.1 Å². The van der Waals surface area contributed by atoms with Crippen LogP contribution in [0.4, 0.5) is 0 Å². The fraction of sp³-hybridized carbons (Fsp3) is 0.588. The molecule has 1 aromatic rings. The van der Waals surface area contributed by atoms with Crippen molar-refractivity contribution in [2.45, 2.75) is 32.2 Å². The lowest BCUT2D eigenvalue weighted by atomic mass is 9.84. The summed E-state index contributed by atoms with van der Waals surface area (Å²) in [6.45, 7) is 1.95. The molecule has 0 saturated heterocycles. The fourth-order valence-corrected chi connectivity index (χ4v) is 4.03. The average Bonchev–Trinajstić information content (AvgIpc) is 3.22. The molecule has 0 unspecified atom stereocenters. The summed E-state index contributed by atoms with van der Waals surface area (Å²) < 4.78 is 6.69. The third-order valence-corrected chi connectivity index (χ3v) is 5.39. The number of ether oxygens (including phenoxy) is 1. The van der Waals surface area contributed by atoms with E-state index >= 15 is 0 Å². The number of amides is 1. The Labute approximate surface area is 135 Å². The van der Waals surface area contributed by atoms with E-state index in [9.17, 15) is 9.59 Å². The Morgan fingerprint density at radius 2 is 2.13 bits per heavy atom. The SMILES string of the molecule is COC(=O)[C@@H]1[C@H]2CC[C@@H](C2)[C@@H]1NC(=O)/C=C/c1cnn(C)c1C. The molecule has 1 N–H and O–H groups in total. The number of aromatic nitrogens is 2. The summed E-state index contributed by atoms with van der Waals surface area (Å²) in [7, 11) is 3.28. The predicted octanol–water partition coefficient (Wildman–Crippen LogP) is 1.45. The zero-order valence-corrected chi connectivity index (χ0v) is 13.8. The number of nitrogens with one attached hydrogen (secondary N) is 1. The van der Waals surface area contributed by atoms with E-state index in [0.29, 0.717) is 11.8 Å². The van der Waals surface area contributed by atoms with E-state index in [0.717, 1.165) is 30.5 Å². The first-order chi connectivity index (χ1) is 11.0. The second-order valence-electron chi connectivity index (χ2n) is 6.56. The number of fused-ring (bicyclic) bond motifs is 2. The van der Waals surface area contributed by atoms with Gasteiger partial charge in [-0.05, 0) is 44.1 Å². The molecule has 0 aliphatic heterocycles. The molecule has 2 aliphatic rings. The number of nitrogens with zero attached hydrogens (tertiary/aromatic N) is 2. The van der Waals surface area contributed by atoms with Crippen molar-refractivity contribution >= 4 is 18.0 Å². The van der Waals surface area contributed by atoms with Gasteiger partial charge in [0.1, 0.15) is 0 Å². The van der Waals surface area contributed by atoms with Gasteiger partial charge >= 0.3 is 5.97 Å². The summed E-state index contributed by atoms with van der Waals surface area (Å²) in [5.74, 6) is 0.175. The minimum absolute atomic E-state index is 0.103. The number of carbonyl (C=O) groups excluding carboxylic acids is 2. The maximum Gasteiger partial charge on any atom is 0.311 e. The number of hydrogen-bond acceptors (Lipinski definition) is 4. The van der Waals surface area contributed by atoms with Gasteiger partial charge in [-0.1, -0.05) is 0 Å². The van der Waals surface area contributed by atoms with Gasteiger partial charge in [0.2, 0.25) is 5.91 Å². The van der Waals surface area contributed by atoms with Crippen LogP contribution in [0.1, 0.15) is 30.5 Å². The van der Waals surface area contributed by atoms with E-state index in [1.54, 1.807) is 17.0 Å². The molecule has 23 heavy (non-hydrogen) atoms. The Bertz CT molecular complexity index is 650. The first kappa shape index (κ1) is 15.8. The maximum atomic E-state index is 12.2. The summed E-state index contributed by atoms with van der Waals surface area (Å²) >= 11 is 0. The first-order valence-electron chi connectivity index (χ1n) is 8.06. The van der Waals surface area contributed by atoms with Gasteiger partial charge in [-0.3, -0.25) is 14.3 Å². The highest BCUT2D eigenvalue weighted by Crippen LogP contribution is 2.48. The van der Waals surface area contributed by atoms with Crippen LogP contribution in [0.2, 0.25) is 0 Å². The number of methoxy groups -OCH3 is 1. The minimum Gasteiger partial charge on any atom is -0.469 e. The zero-order valence-electron chi connectivity index (χ0n) is 13.8. The molecule has 2 saturated carbocycles. The topological polar surface area (TPSA) is 73.2 Å². The zero-order chi connectivity index (χ0) is 16.6. The first-order valence-corrected chi connectivity index (χ1v) is 8.06. The Morgan fingerprint density at radius 3 is 2.78 bits per heavy atom. The highest BCUT2D eigenvalue weighted by atomic mass is 16.5. The quantitative estimate of drug-likeness (QED) is 0.674. The lowest BCUT2D eigenvalue weighted by Crippen LogP contribution is -2.46. The molecule has 0 aromatic carbocycles. The number of hydrogen-bond donors (Lipinski definition) is 1. The van der Waals surface area contributed by atoms with Crippen LogP contribution < -0.4 is 5.32 Å². The molecule has 1 heterocycles. The van der Waals surface area contributed by atoms with E-state index in [2.05, 4.69) is 10.4 Å². The third-order valence-electron chi connectivity index (χ3n) is 5.39. The van der Waals surface area contributed by atoms with Crippen molar-refractivity contribution in [2.75, 3.05) is 7.11 Å². The lowest BCUT2D eigenvalue weighted by Gasteiger charge is -2.29. The summed E-state index contributed by atoms with van der Waals surface area (Å²) in [6, 6.07) is -0.103. The molecule has 1 aromatic heterocycles. The maximum absolute atomic E-state index is 12.2. The Hall–Kier alpha value is -2.11. The fourth-order valence-electron chi connectivity index (χ4n) is 4.03. The van der Waals surface area contributed by atoms with Gasteiger partial charge in [-0.15, -0.1) is 0 Å². The van der Waals surface area contributed by atoms with E-state index in [1.165, 1.54) is 13.2 Å². The molecule has 4 atom stereocenters. The third kappa shape index (κ3) is 2.90. The van der Waals surface area contributed by atoms with E-state index < -0.39 is 0 Å². The molecule has 0 radical (unpaired) electrons. The normalized spacial score (nSPS) is 29.2. The monoisotopic (exact) mass is 317 g/mol. The van der Waals surface area contributed by atoms with Crippen LogP contribution >= 0.6 is 0 Å². The van der Waals surface area contributed by atoms with Crippen molar-refractivity contribution < 1.29 is 14.3 Å². The molecule has 3 rings (SSSR count). The van der Waals surface area contributed by atoms with Crippen molar-refractivity contribution in [3.8, 4) is 0 Å². The lowest BCUT2D eigenvalue weighted by molar-refractivity contribution is -0.148. The summed E-state index contributed by atoms with van der Waals surface area (Å²) in [5, 5.41) is 7.17. The Balaban J connectivity index is 1.67. The molecule has 6 heteroatoms. The molecule has 124 valence electrons. The van der Waals surface area contributed by atoms with Gasteiger partial charge in [-0.25, -0.2) is 0 Å². The van der Waals surface area contributed by atoms with Crippen molar-refractivity contribution in [3.63, 3.8) is 0 Å². The highest BCUT2D eigenvalue weighted by Gasteiger charge is 2.51. The number of esters is 1. The Morgan fingerprint density at radius 1 is 1.39 bits per heavy atom. The molecule has 1 amide bonds. The molecular formula is C17H23N3O3. The molecular weight excluding hydrogens is 294 g/mol. The van der Waals surface area contributed by atoms with Crippen LogP contribution in [0.3, 0.4) is 0 Å². The minimum atomic E-state index is -0.199. The second kappa shape index (κ2) is 6.18. The van der Waals surface area contributed by atoms with Crippen molar-refractivity contribution in [1.82, 2.24) is 15.1 Å². The number of carbonyl (C=O) groups is 2. The molecule has 2 bridgehead atoms. The van der Waals surface area contributed by atoms with Crippen LogP contribution in [0.5, 0.6) is 0 Å². The van der Waals surface area contributed by atoms with E-state index in [4.69, 9.17) is 4.74 Å². The van der Waals surface area contributed by atoms with Gasteiger partial charge in [0.15, 0.2) is 0 Å². The molecule has 6 nitrogen and oxygen atoms in total. The standard InChI is InChI=1S/C17H23N3O3/c1-10-13(9-18-20(10)2)6-7-14(21)19-16-12-5-4-11(8-12)15(16)17(22)23-3/h6-7,9,11-12,15-16H,4-5,8H2,1-3H3,(H,19,21)/b7-6+/t11-,12-,15+,16-/m0/s1. The summed E-state index contributed by atoms with van der Waals surface area (Å²) in [4.78, 5) is 24.3. The van der Waals surface area contributed by atoms with Crippen LogP contribution in [-0.2, 0) is 21.4 Å². The molecule has 2 fully saturated rings. The smallest absolute Gasteiger partial charge is 0.311 e. The van der Waals surface area contributed by atoms with Gasteiger partial charge in [0.25, 0.3) is 0 Å². The van der Waals surface area contributed by atoms with Crippen molar-refractivity contribution in [2.24, 2.45) is 24.8 Å². The van der Waals surface area contributed by atoms with Crippen LogP contribution in [-0.4, -0.2) is 34.8 Å². The van der Waals surface area contributed by atoms with Crippen LogP contribution in [0, 0.1) is 24.7 Å². The van der Waals surface area contributed by atoms with Crippen molar-refractivity contribution in [1.29, 1.82) is 0 Å². The van der Waals surface area contributed by atoms with E-state index in [1.807, 2.05) is 14.0 Å². The molecule has 0 spiro atoms. The van der Waals surface area contributed by atoms with Gasteiger partial charge in [-0.2, -0.15) is 5.10 Å². The van der Waals surface area contributed by atoms with E-state index in [-0.39, 0.29) is 23.8 Å². The largest absolute Gasteiger partial charge is 0.469 e.